The van der Waals surface area contributed by atoms with Gasteiger partial charge >= 0.3 is 0 Å². The molecular formula is C20H10Cl3NO3S. The number of anilines is 1. The van der Waals surface area contributed by atoms with Crippen molar-refractivity contribution in [1.29, 1.82) is 0 Å². The lowest BCUT2D eigenvalue weighted by Crippen LogP contribution is -2.27. The van der Waals surface area contributed by atoms with Gasteiger partial charge in [0.25, 0.3) is 11.1 Å². The van der Waals surface area contributed by atoms with Crippen LogP contribution in [-0.4, -0.2) is 11.1 Å². The Kier molecular flexibility index (Phi) is 5.25. The van der Waals surface area contributed by atoms with Gasteiger partial charge in [-0.1, -0.05) is 34.8 Å². The maximum atomic E-state index is 12.7. The number of benzene rings is 2. The highest BCUT2D eigenvalue weighted by Crippen LogP contribution is 2.37. The molecule has 28 heavy (non-hydrogen) atoms. The number of rotatable bonds is 3. The molecule has 0 spiro atoms. The van der Waals surface area contributed by atoms with Gasteiger partial charge in [-0.05, 0) is 66.4 Å². The second kappa shape index (κ2) is 7.68. The summed E-state index contributed by atoms with van der Waals surface area (Å²) in [5, 5.41) is 1.16. The number of thioether (sulfide) groups is 1. The highest BCUT2D eigenvalue weighted by molar-refractivity contribution is 8.19. The van der Waals surface area contributed by atoms with E-state index < -0.39 is 5.91 Å². The van der Waals surface area contributed by atoms with E-state index in [1.807, 2.05) is 0 Å². The van der Waals surface area contributed by atoms with E-state index in [9.17, 15) is 9.59 Å². The highest BCUT2D eigenvalue weighted by atomic mass is 35.5. The first-order valence-electron chi connectivity index (χ1n) is 8.01. The molecule has 4 rings (SSSR count). The van der Waals surface area contributed by atoms with Gasteiger partial charge < -0.3 is 4.42 Å². The van der Waals surface area contributed by atoms with Gasteiger partial charge in [0, 0.05) is 21.7 Å². The molecule has 0 radical (unpaired) electrons. The summed E-state index contributed by atoms with van der Waals surface area (Å²) in [5.41, 5.74) is 1.10. The molecule has 1 fully saturated rings. The number of furan rings is 1. The molecular weight excluding hydrogens is 441 g/mol. The monoisotopic (exact) mass is 449 g/mol. The molecule has 1 aliphatic rings. The first-order chi connectivity index (χ1) is 13.4. The summed E-state index contributed by atoms with van der Waals surface area (Å²) in [7, 11) is 0. The Balaban J connectivity index is 1.62. The van der Waals surface area contributed by atoms with Crippen molar-refractivity contribution in [1.82, 2.24) is 0 Å². The van der Waals surface area contributed by atoms with Gasteiger partial charge in [0.2, 0.25) is 0 Å². The summed E-state index contributed by atoms with van der Waals surface area (Å²) in [6, 6.07) is 15.0. The van der Waals surface area contributed by atoms with E-state index in [2.05, 4.69) is 0 Å². The fraction of sp³-hybridized carbons (Fsp3) is 0. The summed E-state index contributed by atoms with van der Waals surface area (Å²) >= 11 is 18.9. The zero-order valence-corrected chi connectivity index (χ0v) is 17.1. The van der Waals surface area contributed by atoms with Crippen LogP contribution in [0.4, 0.5) is 10.5 Å². The van der Waals surface area contributed by atoms with E-state index in [0.29, 0.717) is 37.8 Å². The van der Waals surface area contributed by atoms with Gasteiger partial charge in [-0.2, -0.15) is 0 Å². The van der Waals surface area contributed by atoms with Crippen LogP contribution in [-0.2, 0) is 4.79 Å². The van der Waals surface area contributed by atoms with Crippen LogP contribution in [0.15, 0.2) is 63.9 Å². The minimum absolute atomic E-state index is 0.262. The largest absolute Gasteiger partial charge is 0.457 e. The second-order valence-electron chi connectivity index (χ2n) is 5.82. The standard InChI is InChI=1S/C20H10Cl3NO3S/c21-11-1-4-13(5-2-11)24-19(25)18(28-20(24)26)10-14-6-8-17(27-14)15-9-12(22)3-7-16(15)23/h1-10H/b18-10+. The van der Waals surface area contributed by atoms with Crippen LogP contribution < -0.4 is 4.90 Å². The van der Waals surface area contributed by atoms with Crippen molar-refractivity contribution in [2.75, 3.05) is 4.90 Å². The first kappa shape index (κ1) is 19.2. The number of imide groups is 1. The third-order valence-electron chi connectivity index (χ3n) is 3.97. The molecule has 140 valence electrons. The minimum atomic E-state index is -0.420. The van der Waals surface area contributed by atoms with E-state index in [-0.39, 0.29) is 10.1 Å². The summed E-state index contributed by atoms with van der Waals surface area (Å²) in [6.07, 6.45) is 1.53. The van der Waals surface area contributed by atoms with Gasteiger partial charge in [0.15, 0.2) is 0 Å². The molecule has 8 heteroatoms. The predicted octanol–water partition coefficient (Wildman–Crippen LogP) is 7.15. The van der Waals surface area contributed by atoms with Crippen LogP contribution in [0.2, 0.25) is 15.1 Å². The number of amides is 2. The smallest absolute Gasteiger partial charge is 0.298 e. The Hall–Kier alpha value is -2.18. The molecule has 1 aliphatic heterocycles. The van der Waals surface area contributed by atoms with E-state index in [0.717, 1.165) is 16.7 Å². The minimum Gasteiger partial charge on any atom is -0.457 e. The summed E-state index contributed by atoms with van der Waals surface area (Å²) in [4.78, 5) is 26.4. The number of carbonyl (C=O) groups is 2. The lowest BCUT2D eigenvalue weighted by molar-refractivity contribution is -0.113. The van der Waals surface area contributed by atoms with Gasteiger partial charge in [0.1, 0.15) is 11.5 Å². The van der Waals surface area contributed by atoms with Crippen molar-refractivity contribution in [3.63, 3.8) is 0 Å². The number of nitrogens with zero attached hydrogens (tertiary/aromatic N) is 1. The molecule has 1 aromatic heterocycles. The molecule has 0 unspecified atom stereocenters. The Morgan fingerprint density at radius 2 is 1.61 bits per heavy atom. The lowest BCUT2D eigenvalue weighted by Gasteiger charge is -2.11. The van der Waals surface area contributed by atoms with Gasteiger partial charge in [-0.3, -0.25) is 9.59 Å². The van der Waals surface area contributed by atoms with Crippen LogP contribution in [0.1, 0.15) is 5.76 Å². The topological polar surface area (TPSA) is 50.5 Å². The van der Waals surface area contributed by atoms with Crippen LogP contribution in [0.5, 0.6) is 0 Å². The van der Waals surface area contributed by atoms with Crippen LogP contribution >= 0.6 is 46.6 Å². The van der Waals surface area contributed by atoms with Gasteiger partial charge in [-0.25, -0.2) is 4.90 Å². The second-order valence-corrected chi connectivity index (χ2v) is 8.09. The molecule has 2 amide bonds. The number of hydrogen-bond donors (Lipinski definition) is 0. The Bertz CT molecular complexity index is 1120. The maximum absolute atomic E-state index is 12.7. The Labute approximate surface area is 179 Å². The normalized spacial score (nSPS) is 15.7. The van der Waals surface area contributed by atoms with E-state index in [1.54, 1.807) is 54.6 Å². The number of halogens is 3. The van der Waals surface area contributed by atoms with Crippen molar-refractivity contribution in [2.24, 2.45) is 0 Å². The van der Waals surface area contributed by atoms with Crippen molar-refractivity contribution < 1.29 is 14.0 Å². The van der Waals surface area contributed by atoms with Crippen LogP contribution in [0.3, 0.4) is 0 Å². The van der Waals surface area contributed by atoms with E-state index >= 15 is 0 Å². The Morgan fingerprint density at radius 1 is 0.893 bits per heavy atom. The maximum Gasteiger partial charge on any atom is 0.298 e. The fourth-order valence-electron chi connectivity index (χ4n) is 2.67. The SMILES string of the molecule is O=C1S/C(=C/c2ccc(-c3cc(Cl)ccc3Cl)o2)C(=O)N1c1ccc(Cl)cc1. The quantitative estimate of drug-likeness (QED) is 0.398. The fourth-order valence-corrected chi connectivity index (χ4v) is 4.00. The average molecular weight is 451 g/mol. The highest BCUT2D eigenvalue weighted by Gasteiger charge is 2.36. The molecule has 3 aromatic rings. The molecule has 2 aromatic carbocycles. The van der Waals surface area contributed by atoms with Gasteiger partial charge in [0.05, 0.1) is 15.6 Å². The molecule has 0 atom stereocenters. The number of hydrogen-bond acceptors (Lipinski definition) is 4. The summed E-state index contributed by atoms with van der Waals surface area (Å²) < 4.78 is 5.78. The zero-order valence-electron chi connectivity index (χ0n) is 14.0. The van der Waals surface area contributed by atoms with E-state index in [1.165, 1.54) is 6.08 Å². The molecule has 2 heterocycles. The van der Waals surface area contributed by atoms with E-state index in [4.69, 9.17) is 39.2 Å². The van der Waals surface area contributed by atoms with Crippen molar-refractivity contribution in [2.45, 2.75) is 0 Å². The third kappa shape index (κ3) is 3.71. The lowest BCUT2D eigenvalue weighted by atomic mass is 10.2. The molecule has 0 saturated carbocycles. The predicted molar refractivity (Wildman–Crippen MR) is 114 cm³/mol. The zero-order chi connectivity index (χ0) is 19.8. The number of carbonyl (C=O) groups excluding carboxylic acids is 2. The average Bonchev–Trinajstić information content (AvgIpc) is 3.23. The molecule has 0 bridgehead atoms. The molecule has 0 N–H and O–H groups in total. The third-order valence-corrected chi connectivity index (χ3v) is 5.66. The summed E-state index contributed by atoms with van der Waals surface area (Å²) in [5.74, 6) is 0.513. The van der Waals surface area contributed by atoms with Crippen molar-refractivity contribution >= 4 is 69.5 Å². The van der Waals surface area contributed by atoms with Crippen LogP contribution in [0.25, 0.3) is 17.4 Å². The molecule has 0 aliphatic carbocycles. The Morgan fingerprint density at radius 3 is 2.36 bits per heavy atom. The summed E-state index contributed by atoms with van der Waals surface area (Å²) in [6.45, 7) is 0. The van der Waals surface area contributed by atoms with Crippen molar-refractivity contribution in [3.8, 4) is 11.3 Å². The molecule has 1 saturated heterocycles. The van der Waals surface area contributed by atoms with Crippen LogP contribution in [0, 0.1) is 0 Å². The first-order valence-corrected chi connectivity index (χ1v) is 9.96. The van der Waals surface area contributed by atoms with Gasteiger partial charge in [-0.15, -0.1) is 0 Å². The molecule has 4 nitrogen and oxygen atoms in total. The van der Waals surface area contributed by atoms with Crippen molar-refractivity contribution in [3.05, 3.63) is 80.3 Å².